The molecule has 0 radical (unpaired) electrons. The topological polar surface area (TPSA) is 74.6 Å². The molecule has 6 heteroatoms. The highest BCUT2D eigenvalue weighted by atomic mass is 15.4. The van der Waals surface area contributed by atoms with E-state index in [0.717, 1.165) is 36.5 Å². The van der Waals surface area contributed by atoms with Crippen LogP contribution < -0.4 is 10.9 Å². The van der Waals surface area contributed by atoms with E-state index in [2.05, 4.69) is 106 Å². The van der Waals surface area contributed by atoms with E-state index in [1.165, 1.54) is 48.0 Å². The molecule has 0 fully saturated rings. The Morgan fingerprint density at radius 3 is 1.38 bits per heavy atom. The number of rotatable bonds is 16. The lowest BCUT2D eigenvalue weighted by atomic mass is 10.1. The second kappa shape index (κ2) is 17.3. The molecular weight excluding hydrogens is 516 g/mol. The minimum absolute atomic E-state index is 0.605. The number of nitrogens with one attached hydrogen (secondary N) is 2. The van der Waals surface area contributed by atoms with Crippen molar-refractivity contribution in [2.45, 2.75) is 65.2 Å². The van der Waals surface area contributed by atoms with Crippen LogP contribution in [0.5, 0.6) is 0 Å². The standard InChI is InChI=1S/C36H42N6/c1-3-5-9-21-31(25-29-17-11-7-12-18-29)27-37-39-35-33-23-15-16-24-34(33)36(42-41-35)40-38-28-32(22-10-6-4-2)26-30-19-13-8-14-20-30/h7-8,11-20,23-28H,3-6,9-10,21-22H2,1-2H3,(H,39,41)(H,40,42)/b31-25-,32-26+,37-27+,38-28-. The number of hydrazone groups is 2. The highest BCUT2D eigenvalue weighted by Gasteiger charge is 2.08. The second-order valence-corrected chi connectivity index (χ2v) is 10.4. The van der Waals surface area contributed by atoms with Crippen molar-refractivity contribution in [2.75, 3.05) is 10.9 Å². The van der Waals surface area contributed by atoms with Gasteiger partial charge in [0.05, 0.1) is 12.4 Å². The van der Waals surface area contributed by atoms with Crippen LogP contribution in [0.3, 0.4) is 0 Å². The van der Waals surface area contributed by atoms with Gasteiger partial charge in [0.2, 0.25) is 0 Å². The number of nitrogens with zero attached hydrogens (tertiary/aromatic N) is 4. The van der Waals surface area contributed by atoms with E-state index < -0.39 is 0 Å². The molecule has 4 rings (SSSR count). The predicted molar refractivity (Wildman–Crippen MR) is 181 cm³/mol. The van der Waals surface area contributed by atoms with Crippen LogP contribution in [0.15, 0.2) is 106 Å². The Morgan fingerprint density at radius 1 is 0.571 bits per heavy atom. The van der Waals surface area contributed by atoms with Crippen molar-refractivity contribution in [1.82, 2.24) is 10.2 Å². The number of anilines is 2. The summed E-state index contributed by atoms with van der Waals surface area (Å²) in [6.07, 6.45) is 17.1. The molecule has 1 heterocycles. The van der Waals surface area contributed by atoms with E-state index in [9.17, 15) is 0 Å². The average Bonchev–Trinajstić information content (AvgIpc) is 3.03. The van der Waals surface area contributed by atoms with Crippen LogP contribution in [-0.2, 0) is 0 Å². The van der Waals surface area contributed by atoms with Crippen molar-refractivity contribution >= 4 is 47.0 Å². The number of hydrogen-bond donors (Lipinski definition) is 2. The summed E-state index contributed by atoms with van der Waals surface area (Å²) in [6, 6.07) is 28.7. The van der Waals surface area contributed by atoms with Crippen molar-refractivity contribution < 1.29 is 0 Å². The summed E-state index contributed by atoms with van der Waals surface area (Å²) in [5, 5.41) is 19.8. The van der Waals surface area contributed by atoms with Gasteiger partial charge in [-0.3, -0.25) is 10.9 Å². The van der Waals surface area contributed by atoms with E-state index in [0.29, 0.717) is 11.6 Å². The molecule has 0 saturated heterocycles. The third-order valence-corrected chi connectivity index (χ3v) is 6.93. The zero-order chi connectivity index (χ0) is 29.2. The summed E-state index contributed by atoms with van der Waals surface area (Å²) < 4.78 is 0. The number of hydrogen-bond acceptors (Lipinski definition) is 6. The first kappa shape index (κ1) is 30.4. The van der Waals surface area contributed by atoms with Crippen LogP contribution in [0.2, 0.25) is 0 Å². The monoisotopic (exact) mass is 558 g/mol. The molecule has 0 saturated carbocycles. The molecule has 0 aliphatic rings. The fourth-order valence-corrected chi connectivity index (χ4v) is 4.65. The van der Waals surface area contributed by atoms with Crippen LogP contribution in [0.25, 0.3) is 22.9 Å². The van der Waals surface area contributed by atoms with Gasteiger partial charge in [-0.2, -0.15) is 10.2 Å². The van der Waals surface area contributed by atoms with E-state index >= 15 is 0 Å². The van der Waals surface area contributed by atoms with Gasteiger partial charge in [0, 0.05) is 10.8 Å². The minimum Gasteiger partial charge on any atom is -0.259 e. The van der Waals surface area contributed by atoms with Gasteiger partial charge in [-0.25, -0.2) is 0 Å². The van der Waals surface area contributed by atoms with Crippen LogP contribution in [-0.4, -0.2) is 22.6 Å². The van der Waals surface area contributed by atoms with E-state index in [1.807, 2.05) is 48.8 Å². The number of aromatic nitrogens is 2. The molecule has 0 atom stereocenters. The molecule has 0 aliphatic heterocycles. The predicted octanol–water partition coefficient (Wildman–Crippen LogP) is 9.75. The number of fused-ring (bicyclic) bond motifs is 1. The summed E-state index contributed by atoms with van der Waals surface area (Å²) in [7, 11) is 0. The van der Waals surface area contributed by atoms with Crippen molar-refractivity contribution in [3.05, 3.63) is 107 Å². The number of allylic oxidation sites excluding steroid dienone is 2. The Balaban J connectivity index is 1.49. The molecule has 0 bridgehead atoms. The van der Waals surface area contributed by atoms with Gasteiger partial charge in [0.15, 0.2) is 11.6 Å². The summed E-state index contributed by atoms with van der Waals surface area (Å²) in [5.74, 6) is 1.21. The quantitative estimate of drug-likeness (QED) is 0.0815. The maximum Gasteiger partial charge on any atom is 0.176 e. The number of unbranched alkanes of at least 4 members (excludes halogenated alkanes) is 4. The van der Waals surface area contributed by atoms with E-state index in [-0.39, 0.29) is 0 Å². The average molecular weight is 559 g/mol. The molecule has 6 nitrogen and oxygen atoms in total. The summed E-state index contributed by atoms with van der Waals surface area (Å²) in [5.41, 5.74) is 10.9. The zero-order valence-electron chi connectivity index (χ0n) is 24.8. The Hall–Kier alpha value is -4.58. The largest absolute Gasteiger partial charge is 0.259 e. The first-order valence-corrected chi connectivity index (χ1v) is 15.1. The van der Waals surface area contributed by atoms with Crippen molar-refractivity contribution in [1.29, 1.82) is 0 Å². The highest BCUT2D eigenvalue weighted by molar-refractivity contribution is 5.99. The van der Waals surface area contributed by atoms with Crippen LogP contribution in [0.1, 0.15) is 76.3 Å². The Morgan fingerprint density at radius 2 is 0.976 bits per heavy atom. The maximum absolute atomic E-state index is 4.55. The smallest absolute Gasteiger partial charge is 0.176 e. The van der Waals surface area contributed by atoms with Gasteiger partial charge >= 0.3 is 0 Å². The molecule has 3 aromatic carbocycles. The molecule has 0 unspecified atom stereocenters. The molecule has 0 amide bonds. The van der Waals surface area contributed by atoms with Gasteiger partial charge in [-0.15, -0.1) is 10.2 Å². The third kappa shape index (κ3) is 9.81. The molecule has 2 N–H and O–H groups in total. The van der Waals surface area contributed by atoms with Gasteiger partial charge < -0.3 is 0 Å². The zero-order valence-corrected chi connectivity index (χ0v) is 24.8. The van der Waals surface area contributed by atoms with Crippen LogP contribution >= 0.6 is 0 Å². The molecule has 0 spiro atoms. The number of benzene rings is 3. The molecule has 0 aliphatic carbocycles. The normalized spacial score (nSPS) is 12.4. The summed E-state index contributed by atoms with van der Waals surface area (Å²) >= 11 is 0. The fraction of sp³-hybridized carbons (Fsp3) is 0.278. The molecule has 216 valence electrons. The Bertz CT molecular complexity index is 1380. The van der Waals surface area contributed by atoms with E-state index in [1.54, 1.807) is 0 Å². The highest BCUT2D eigenvalue weighted by Crippen LogP contribution is 2.26. The fourth-order valence-electron chi connectivity index (χ4n) is 4.65. The lowest BCUT2D eigenvalue weighted by molar-refractivity contribution is 0.724. The molecular formula is C36H42N6. The first-order chi connectivity index (χ1) is 20.8. The Labute approximate surface area is 250 Å². The third-order valence-electron chi connectivity index (χ3n) is 6.93. The van der Waals surface area contributed by atoms with Gasteiger partial charge in [0.1, 0.15) is 0 Å². The van der Waals surface area contributed by atoms with Gasteiger partial charge in [-0.05, 0) is 48.0 Å². The lowest BCUT2D eigenvalue weighted by Crippen LogP contribution is -2.02. The lowest BCUT2D eigenvalue weighted by Gasteiger charge is -2.09. The van der Waals surface area contributed by atoms with Crippen LogP contribution in [0.4, 0.5) is 11.6 Å². The van der Waals surface area contributed by atoms with Crippen LogP contribution in [0, 0.1) is 0 Å². The van der Waals surface area contributed by atoms with E-state index in [4.69, 9.17) is 0 Å². The first-order valence-electron chi connectivity index (χ1n) is 15.1. The van der Waals surface area contributed by atoms with Crippen molar-refractivity contribution in [3.63, 3.8) is 0 Å². The van der Waals surface area contributed by atoms with Crippen molar-refractivity contribution in [3.8, 4) is 0 Å². The van der Waals surface area contributed by atoms with Gasteiger partial charge in [-0.1, -0.05) is 137 Å². The summed E-state index contributed by atoms with van der Waals surface area (Å²) in [4.78, 5) is 0. The van der Waals surface area contributed by atoms with Crippen molar-refractivity contribution in [2.24, 2.45) is 10.2 Å². The SMILES string of the molecule is CCCCCC(=C/c1ccccc1)/C=N/Nc1nnc(N/N=C\C(=C\c2ccccc2)CCCCC)c2ccccc12. The second-order valence-electron chi connectivity index (χ2n) is 10.4. The maximum atomic E-state index is 4.55. The Kier molecular flexibility index (Phi) is 12.5. The molecule has 1 aromatic heterocycles. The molecule has 4 aromatic rings. The van der Waals surface area contributed by atoms with Gasteiger partial charge in [0.25, 0.3) is 0 Å². The minimum atomic E-state index is 0.605. The molecule has 42 heavy (non-hydrogen) atoms. The summed E-state index contributed by atoms with van der Waals surface area (Å²) in [6.45, 7) is 4.44.